The van der Waals surface area contributed by atoms with Crippen LogP contribution in [0, 0.1) is 5.41 Å². The number of carbonyl (C=O) groups excluding carboxylic acids is 1. The fourth-order valence-electron chi connectivity index (χ4n) is 3.02. The summed E-state index contributed by atoms with van der Waals surface area (Å²) in [6, 6.07) is 12.1. The Labute approximate surface area is 210 Å². The SMILES string of the molecule is COc1cccc(OCCOc2ccc(/C=C3/C(=N)N4N=C(S(C)(=O)=O)SC4=NC3=O)cc2Cl)c1. The van der Waals surface area contributed by atoms with Crippen molar-refractivity contribution in [3.05, 3.63) is 58.6 Å². The number of amidine groups is 2. The average Bonchev–Trinajstić information content (AvgIpc) is 3.25. The second kappa shape index (κ2) is 10.1. The van der Waals surface area contributed by atoms with Crippen molar-refractivity contribution in [3.63, 3.8) is 0 Å². The fourth-order valence-corrected chi connectivity index (χ4v) is 4.95. The number of benzene rings is 2. The van der Waals surface area contributed by atoms with Crippen LogP contribution in [0.1, 0.15) is 5.56 Å². The lowest BCUT2D eigenvalue weighted by molar-refractivity contribution is -0.114. The van der Waals surface area contributed by atoms with Gasteiger partial charge in [-0.1, -0.05) is 23.7 Å². The molecule has 0 radical (unpaired) electrons. The largest absolute Gasteiger partial charge is 0.497 e. The van der Waals surface area contributed by atoms with Crippen molar-refractivity contribution in [2.45, 2.75) is 0 Å². The van der Waals surface area contributed by atoms with Crippen LogP contribution in [0.4, 0.5) is 0 Å². The van der Waals surface area contributed by atoms with E-state index in [2.05, 4.69) is 10.1 Å². The Balaban J connectivity index is 1.42. The smallest absolute Gasteiger partial charge is 0.283 e. The van der Waals surface area contributed by atoms with Gasteiger partial charge in [-0.05, 0) is 47.7 Å². The standard InChI is InChI=1S/C22H19ClN4O6S2/c1-31-14-4-3-5-15(12-14)32-8-9-33-18-7-6-13(11-17(18)23)10-16-19(24)27-21(25-20(16)28)34-22(26-27)35(2,29)30/h3-7,10-12,24H,8-9H2,1-2H3/b16-10-,24-19?. The van der Waals surface area contributed by atoms with Crippen LogP contribution in [0.25, 0.3) is 6.08 Å². The molecule has 2 heterocycles. The molecule has 0 atom stereocenters. The van der Waals surface area contributed by atoms with Gasteiger partial charge in [0.15, 0.2) is 5.84 Å². The molecule has 0 aromatic heterocycles. The fraction of sp³-hybridized carbons (Fsp3) is 0.182. The van der Waals surface area contributed by atoms with Crippen LogP contribution in [-0.4, -0.2) is 61.3 Å². The van der Waals surface area contributed by atoms with E-state index in [-0.39, 0.29) is 34.2 Å². The normalized spacial score (nSPS) is 16.7. The number of nitrogens with zero attached hydrogens (tertiary/aromatic N) is 3. The van der Waals surface area contributed by atoms with Crippen LogP contribution in [-0.2, 0) is 14.6 Å². The van der Waals surface area contributed by atoms with Gasteiger partial charge in [-0.25, -0.2) is 8.42 Å². The minimum atomic E-state index is -3.60. The predicted octanol–water partition coefficient (Wildman–Crippen LogP) is 3.43. The third-order valence-corrected chi connectivity index (χ3v) is 7.54. The highest BCUT2D eigenvalue weighted by Crippen LogP contribution is 2.31. The topological polar surface area (TPSA) is 131 Å². The number of amides is 1. The summed E-state index contributed by atoms with van der Waals surface area (Å²) in [5, 5.41) is 13.6. The van der Waals surface area contributed by atoms with Gasteiger partial charge >= 0.3 is 0 Å². The molecule has 0 fully saturated rings. The molecule has 2 aliphatic heterocycles. The maximum Gasteiger partial charge on any atom is 0.283 e. The zero-order chi connectivity index (χ0) is 25.2. The van der Waals surface area contributed by atoms with Gasteiger partial charge in [0.1, 0.15) is 30.5 Å². The summed E-state index contributed by atoms with van der Waals surface area (Å²) in [4.78, 5) is 16.3. The third kappa shape index (κ3) is 5.66. The van der Waals surface area contributed by atoms with Gasteiger partial charge in [0, 0.05) is 12.3 Å². The Morgan fingerprint density at radius 1 is 1.14 bits per heavy atom. The Bertz CT molecular complexity index is 1400. The van der Waals surface area contributed by atoms with Crippen LogP contribution in [0.3, 0.4) is 0 Å². The van der Waals surface area contributed by atoms with Crippen LogP contribution >= 0.6 is 23.4 Å². The second-order valence-corrected chi connectivity index (χ2v) is 10.8. The van der Waals surface area contributed by atoms with Gasteiger partial charge in [-0.3, -0.25) is 10.2 Å². The van der Waals surface area contributed by atoms with E-state index >= 15 is 0 Å². The molecule has 13 heteroatoms. The molecule has 1 amide bonds. The molecule has 2 aromatic carbocycles. The number of nitrogens with one attached hydrogen (secondary N) is 1. The van der Waals surface area contributed by atoms with E-state index in [9.17, 15) is 13.2 Å². The number of hydrogen-bond donors (Lipinski definition) is 1. The number of fused-ring (bicyclic) bond motifs is 1. The van der Waals surface area contributed by atoms with Crippen molar-refractivity contribution in [1.29, 1.82) is 5.41 Å². The van der Waals surface area contributed by atoms with Gasteiger partial charge in [-0.2, -0.15) is 10.0 Å². The molecule has 0 saturated heterocycles. The number of hydrogen-bond acceptors (Lipinski definition) is 9. The monoisotopic (exact) mass is 534 g/mol. The molecule has 4 rings (SSSR count). The maximum atomic E-state index is 12.5. The number of halogens is 1. The lowest BCUT2D eigenvalue weighted by atomic mass is 10.1. The van der Waals surface area contributed by atoms with E-state index in [1.54, 1.807) is 31.4 Å². The molecule has 0 aliphatic carbocycles. The molecule has 10 nitrogen and oxygen atoms in total. The van der Waals surface area contributed by atoms with E-state index < -0.39 is 15.7 Å². The van der Waals surface area contributed by atoms with Crippen LogP contribution < -0.4 is 14.2 Å². The highest BCUT2D eigenvalue weighted by Gasteiger charge is 2.38. The zero-order valence-electron chi connectivity index (χ0n) is 18.5. The average molecular weight is 535 g/mol. The summed E-state index contributed by atoms with van der Waals surface area (Å²) in [5.41, 5.74) is 0.477. The number of aliphatic imine (C=N–C) groups is 1. The second-order valence-electron chi connectivity index (χ2n) is 7.22. The van der Waals surface area contributed by atoms with Crippen molar-refractivity contribution >= 4 is 60.6 Å². The van der Waals surface area contributed by atoms with E-state index in [4.69, 9.17) is 31.2 Å². The van der Waals surface area contributed by atoms with Crippen molar-refractivity contribution in [2.24, 2.45) is 10.1 Å². The summed E-state index contributed by atoms with van der Waals surface area (Å²) in [7, 11) is -2.02. The number of carbonyl (C=O) groups is 1. The molecule has 0 bridgehead atoms. The molecule has 0 unspecified atom stereocenters. The molecule has 0 saturated carbocycles. The van der Waals surface area contributed by atoms with Crippen molar-refractivity contribution in [2.75, 3.05) is 26.6 Å². The number of thioether (sulfide) groups is 1. The molecule has 0 spiro atoms. The Hall–Kier alpha value is -3.35. The van der Waals surface area contributed by atoms with E-state index in [0.717, 1.165) is 23.0 Å². The summed E-state index contributed by atoms with van der Waals surface area (Å²) < 4.78 is 39.8. The van der Waals surface area contributed by atoms with Gasteiger partial charge < -0.3 is 14.2 Å². The highest BCUT2D eigenvalue weighted by atomic mass is 35.5. The first-order chi connectivity index (χ1) is 16.7. The first-order valence-electron chi connectivity index (χ1n) is 10.0. The van der Waals surface area contributed by atoms with E-state index in [1.807, 2.05) is 18.2 Å². The van der Waals surface area contributed by atoms with Gasteiger partial charge in [0.2, 0.25) is 19.4 Å². The number of rotatable bonds is 7. The third-order valence-electron chi connectivity index (χ3n) is 4.67. The molecule has 182 valence electrons. The number of methoxy groups -OCH3 is 1. The molecular formula is C22H19ClN4O6S2. The van der Waals surface area contributed by atoms with Gasteiger partial charge in [0.05, 0.1) is 17.7 Å². The molecular weight excluding hydrogens is 516 g/mol. The Morgan fingerprint density at radius 2 is 1.89 bits per heavy atom. The van der Waals surface area contributed by atoms with Crippen LogP contribution in [0.2, 0.25) is 5.02 Å². The molecule has 35 heavy (non-hydrogen) atoms. The highest BCUT2D eigenvalue weighted by molar-refractivity contribution is 8.42. The molecule has 2 aromatic rings. The quantitative estimate of drug-likeness (QED) is 0.422. The molecule has 2 aliphatic rings. The van der Waals surface area contributed by atoms with Crippen LogP contribution in [0.15, 0.2) is 58.1 Å². The van der Waals surface area contributed by atoms with Crippen LogP contribution in [0.5, 0.6) is 17.2 Å². The summed E-state index contributed by atoms with van der Waals surface area (Å²) >= 11 is 7.06. The zero-order valence-corrected chi connectivity index (χ0v) is 20.9. The Kier molecular flexibility index (Phi) is 7.15. The summed E-state index contributed by atoms with van der Waals surface area (Å²) in [6.45, 7) is 0.524. The van der Waals surface area contributed by atoms with E-state index in [1.165, 1.54) is 6.08 Å². The Morgan fingerprint density at radius 3 is 2.60 bits per heavy atom. The number of ether oxygens (including phenoxy) is 3. The first-order valence-corrected chi connectivity index (χ1v) is 13.1. The number of hydrazone groups is 1. The van der Waals surface area contributed by atoms with E-state index in [0.29, 0.717) is 27.8 Å². The van der Waals surface area contributed by atoms with Gasteiger partial charge in [0.25, 0.3) is 5.91 Å². The number of sulfone groups is 1. The molecule has 1 N–H and O–H groups in total. The van der Waals surface area contributed by atoms with Gasteiger partial charge in [-0.15, -0.1) is 5.10 Å². The lowest BCUT2D eigenvalue weighted by Crippen LogP contribution is -2.35. The predicted molar refractivity (Wildman–Crippen MR) is 135 cm³/mol. The lowest BCUT2D eigenvalue weighted by Gasteiger charge is -2.20. The van der Waals surface area contributed by atoms with Crippen molar-refractivity contribution < 1.29 is 27.4 Å². The minimum absolute atomic E-state index is 0.0236. The first kappa shape index (κ1) is 24.8. The minimum Gasteiger partial charge on any atom is -0.497 e. The summed E-state index contributed by atoms with van der Waals surface area (Å²) in [6.07, 6.45) is 2.43. The van der Waals surface area contributed by atoms with Crippen molar-refractivity contribution in [3.8, 4) is 17.2 Å². The maximum absolute atomic E-state index is 12.5. The summed E-state index contributed by atoms with van der Waals surface area (Å²) in [5.74, 6) is 0.804. The van der Waals surface area contributed by atoms with Crippen molar-refractivity contribution in [1.82, 2.24) is 5.01 Å².